The minimum absolute atomic E-state index is 0.0885. The van der Waals surface area contributed by atoms with Crippen molar-refractivity contribution in [2.24, 2.45) is 0 Å². The number of nitrogens with zero attached hydrogens (tertiary/aromatic N) is 3. The molecule has 0 fully saturated rings. The van der Waals surface area contributed by atoms with Gasteiger partial charge in [0.1, 0.15) is 5.69 Å². The highest BCUT2D eigenvalue weighted by Gasteiger charge is 2.10. The van der Waals surface area contributed by atoms with E-state index < -0.39 is 0 Å². The summed E-state index contributed by atoms with van der Waals surface area (Å²) < 4.78 is 5.51. The van der Waals surface area contributed by atoms with E-state index in [1.54, 1.807) is 18.3 Å². The molecule has 3 aromatic rings. The lowest BCUT2D eigenvalue weighted by atomic mass is 10.3. The Bertz CT molecular complexity index is 710. The van der Waals surface area contributed by atoms with Crippen molar-refractivity contribution < 1.29 is 9.21 Å². The summed E-state index contributed by atoms with van der Waals surface area (Å²) in [6.07, 6.45) is 2.15. The van der Waals surface area contributed by atoms with Gasteiger partial charge in [-0.25, -0.2) is 0 Å². The predicted octanol–water partition coefficient (Wildman–Crippen LogP) is 2.17. The van der Waals surface area contributed by atoms with E-state index in [0.717, 1.165) is 0 Å². The van der Waals surface area contributed by atoms with Crippen molar-refractivity contribution in [2.45, 2.75) is 6.42 Å². The van der Waals surface area contributed by atoms with E-state index >= 15 is 0 Å². The largest absolute Gasteiger partial charge is 0.419 e. The molecule has 0 unspecified atom stereocenters. The molecule has 6 nitrogen and oxygen atoms in total. The van der Waals surface area contributed by atoms with Gasteiger partial charge in [0.25, 0.3) is 11.8 Å². The molecule has 0 aliphatic carbocycles. The van der Waals surface area contributed by atoms with Crippen molar-refractivity contribution in [1.82, 2.24) is 20.5 Å². The average molecular weight is 300 g/mol. The van der Waals surface area contributed by atoms with E-state index in [9.17, 15) is 4.79 Å². The van der Waals surface area contributed by atoms with Crippen LogP contribution in [0.1, 0.15) is 15.6 Å². The number of rotatable bonds is 5. The van der Waals surface area contributed by atoms with E-state index in [-0.39, 0.29) is 5.91 Å². The molecule has 0 aromatic carbocycles. The van der Waals surface area contributed by atoms with Gasteiger partial charge in [-0.05, 0) is 23.6 Å². The zero-order valence-electron chi connectivity index (χ0n) is 11.0. The third-order valence-corrected chi connectivity index (χ3v) is 3.59. The lowest BCUT2D eigenvalue weighted by Gasteiger charge is -2.00. The molecule has 0 aliphatic rings. The maximum absolute atomic E-state index is 11.7. The molecule has 0 saturated carbocycles. The molecule has 0 bridgehead atoms. The molecule has 1 N–H and O–H groups in total. The summed E-state index contributed by atoms with van der Waals surface area (Å²) in [4.78, 5) is 16.6. The van der Waals surface area contributed by atoms with Gasteiger partial charge in [0.05, 0.1) is 4.88 Å². The first-order valence-corrected chi connectivity index (χ1v) is 7.26. The van der Waals surface area contributed by atoms with E-state index in [1.165, 1.54) is 11.3 Å². The summed E-state index contributed by atoms with van der Waals surface area (Å²) in [5.74, 6) is 0.770. The van der Waals surface area contributed by atoms with Crippen molar-refractivity contribution in [3.05, 3.63) is 52.7 Å². The number of hydrogen-bond donors (Lipinski definition) is 1. The zero-order valence-corrected chi connectivity index (χ0v) is 11.8. The van der Waals surface area contributed by atoms with Crippen LogP contribution in [0.25, 0.3) is 11.6 Å². The second-order valence-electron chi connectivity index (χ2n) is 4.20. The number of carbonyl (C=O) groups excluding carboxylic acids is 1. The molecule has 21 heavy (non-hydrogen) atoms. The van der Waals surface area contributed by atoms with Crippen molar-refractivity contribution in [3.8, 4) is 11.6 Å². The topological polar surface area (TPSA) is 80.9 Å². The fourth-order valence-electron chi connectivity index (χ4n) is 1.73. The van der Waals surface area contributed by atoms with Crippen molar-refractivity contribution in [3.63, 3.8) is 0 Å². The predicted molar refractivity (Wildman–Crippen MR) is 77.9 cm³/mol. The number of amides is 1. The normalized spacial score (nSPS) is 10.5. The molecule has 3 heterocycles. The Labute approximate surface area is 124 Å². The fraction of sp³-hybridized carbons (Fsp3) is 0.143. The molecule has 0 aliphatic heterocycles. The van der Waals surface area contributed by atoms with Gasteiger partial charge in [-0.1, -0.05) is 12.1 Å². The Morgan fingerprint density at radius 2 is 2.19 bits per heavy atom. The number of hydrogen-bond acceptors (Lipinski definition) is 6. The summed E-state index contributed by atoms with van der Waals surface area (Å²) in [5.41, 5.74) is 0.638. The summed E-state index contributed by atoms with van der Waals surface area (Å²) in [5, 5.41) is 12.6. The smallest absolute Gasteiger partial charge is 0.266 e. The molecule has 0 saturated heterocycles. The van der Waals surface area contributed by atoms with Crippen LogP contribution in [-0.4, -0.2) is 27.6 Å². The van der Waals surface area contributed by atoms with Gasteiger partial charge in [0.15, 0.2) is 0 Å². The SMILES string of the molecule is O=C(NCCc1nnc(-c2ccccn2)o1)c1cccs1. The van der Waals surface area contributed by atoms with Crippen LogP contribution in [0.2, 0.25) is 0 Å². The van der Waals surface area contributed by atoms with Gasteiger partial charge < -0.3 is 9.73 Å². The van der Waals surface area contributed by atoms with Gasteiger partial charge in [0.2, 0.25) is 5.89 Å². The lowest BCUT2D eigenvalue weighted by Crippen LogP contribution is -2.24. The minimum atomic E-state index is -0.0885. The van der Waals surface area contributed by atoms with Crippen LogP contribution in [0.5, 0.6) is 0 Å². The van der Waals surface area contributed by atoms with Crippen LogP contribution in [0, 0.1) is 0 Å². The number of nitrogens with one attached hydrogen (secondary N) is 1. The monoisotopic (exact) mass is 300 g/mol. The maximum Gasteiger partial charge on any atom is 0.266 e. The zero-order chi connectivity index (χ0) is 14.5. The summed E-state index contributed by atoms with van der Waals surface area (Å²) in [6, 6.07) is 9.10. The maximum atomic E-state index is 11.7. The van der Waals surface area contributed by atoms with E-state index in [0.29, 0.717) is 35.3 Å². The van der Waals surface area contributed by atoms with Gasteiger partial charge >= 0.3 is 0 Å². The van der Waals surface area contributed by atoms with E-state index in [1.807, 2.05) is 23.6 Å². The second kappa shape index (κ2) is 6.27. The van der Waals surface area contributed by atoms with Gasteiger partial charge in [0, 0.05) is 19.2 Å². The Hall–Kier alpha value is -2.54. The third-order valence-electron chi connectivity index (χ3n) is 2.72. The molecule has 3 rings (SSSR count). The van der Waals surface area contributed by atoms with Gasteiger partial charge in [-0.2, -0.15) is 0 Å². The van der Waals surface area contributed by atoms with Crippen LogP contribution in [0.15, 0.2) is 46.3 Å². The van der Waals surface area contributed by atoms with Gasteiger partial charge in [-0.3, -0.25) is 9.78 Å². The van der Waals surface area contributed by atoms with E-state index in [2.05, 4.69) is 20.5 Å². The summed E-state index contributed by atoms with van der Waals surface area (Å²) >= 11 is 1.41. The molecule has 0 atom stereocenters. The Kier molecular flexibility index (Phi) is 4.02. The first-order chi connectivity index (χ1) is 10.3. The molecule has 0 spiro atoms. The molecule has 106 valence electrons. The molecule has 1 amide bonds. The quantitative estimate of drug-likeness (QED) is 0.781. The molecular weight excluding hydrogens is 288 g/mol. The molecule has 0 radical (unpaired) electrons. The summed E-state index contributed by atoms with van der Waals surface area (Å²) in [7, 11) is 0. The molecular formula is C14H12N4O2S. The number of aromatic nitrogens is 3. The van der Waals surface area contributed by atoms with Crippen molar-refractivity contribution in [1.29, 1.82) is 0 Å². The van der Waals surface area contributed by atoms with E-state index in [4.69, 9.17) is 4.42 Å². The Morgan fingerprint density at radius 1 is 1.24 bits per heavy atom. The van der Waals surface area contributed by atoms with Crippen LogP contribution in [0.3, 0.4) is 0 Å². The first kappa shape index (κ1) is 13.4. The standard InChI is InChI=1S/C14H12N4O2S/c19-13(11-5-3-9-21-11)16-8-6-12-17-18-14(20-12)10-4-1-2-7-15-10/h1-5,7,9H,6,8H2,(H,16,19). The second-order valence-corrected chi connectivity index (χ2v) is 5.15. The van der Waals surface area contributed by atoms with Crippen LogP contribution in [-0.2, 0) is 6.42 Å². The van der Waals surface area contributed by atoms with Crippen LogP contribution in [0.4, 0.5) is 0 Å². The first-order valence-electron chi connectivity index (χ1n) is 6.38. The summed E-state index contributed by atoms with van der Waals surface area (Å²) in [6.45, 7) is 0.445. The molecule has 7 heteroatoms. The van der Waals surface area contributed by atoms with Crippen LogP contribution >= 0.6 is 11.3 Å². The number of pyridine rings is 1. The average Bonchev–Trinajstić information content (AvgIpc) is 3.20. The Morgan fingerprint density at radius 3 is 2.95 bits per heavy atom. The Balaban J connectivity index is 1.55. The number of thiophene rings is 1. The molecule has 3 aromatic heterocycles. The minimum Gasteiger partial charge on any atom is -0.419 e. The highest BCUT2D eigenvalue weighted by atomic mass is 32.1. The van der Waals surface area contributed by atoms with Gasteiger partial charge in [-0.15, -0.1) is 21.5 Å². The number of carbonyl (C=O) groups is 1. The van der Waals surface area contributed by atoms with Crippen molar-refractivity contribution >= 4 is 17.2 Å². The lowest BCUT2D eigenvalue weighted by molar-refractivity contribution is 0.0957. The third kappa shape index (κ3) is 3.32. The highest BCUT2D eigenvalue weighted by Crippen LogP contribution is 2.14. The highest BCUT2D eigenvalue weighted by molar-refractivity contribution is 7.12. The van der Waals surface area contributed by atoms with Crippen LogP contribution < -0.4 is 5.32 Å². The van der Waals surface area contributed by atoms with Crippen molar-refractivity contribution in [2.75, 3.05) is 6.54 Å². The fourth-order valence-corrected chi connectivity index (χ4v) is 2.37.